The second kappa shape index (κ2) is 2.77. The van der Waals surface area contributed by atoms with Crippen LogP contribution in [0.4, 0.5) is 0 Å². The predicted molar refractivity (Wildman–Crippen MR) is 43.7 cm³/mol. The van der Waals surface area contributed by atoms with E-state index in [1.165, 1.54) is 0 Å². The minimum Gasteiger partial charge on any atom is -0.460 e. The third-order valence-corrected chi connectivity index (χ3v) is 1.98. The molecule has 2 aliphatic rings. The summed E-state index contributed by atoms with van der Waals surface area (Å²) in [6.45, 7) is 2.58. The number of aliphatic imine (C=N–C) groups is 1. The van der Waals surface area contributed by atoms with Gasteiger partial charge in [-0.25, -0.2) is 4.99 Å². The molecular weight excluding hydrogens is 156 g/mol. The second-order valence-corrected chi connectivity index (χ2v) is 3.34. The number of nitrogens with one attached hydrogen (secondary N) is 1. The van der Waals surface area contributed by atoms with Crippen molar-refractivity contribution in [2.75, 3.05) is 6.54 Å². The first-order valence-electron chi connectivity index (χ1n) is 4.27. The van der Waals surface area contributed by atoms with E-state index in [1.807, 2.05) is 6.92 Å². The summed E-state index contributed by atoms with van der Waals surface area (Å²) in [6.07, 6.45) is 2.13. The third kappa shape index (κ3) is 1.57. The van der Waals surface area contributed by atoms with Gasteiger partial charge in [-0.05, 0) is 19.8 Å². The minimum absolute atomic E-state index is 0.0582. The first-order valence-corrected chi connectivity index (χ1v) is 4.27. The molecule has 1 amide bonds. The molecule has 1 aliphatic carbocycles. The predicted octanol–water partition coefficient (Wildman–Crippen LogP) is 0.287. The maximum absolute atomic E-state index is 11.2. The number of amides is 1. The zero-order valence-corrected chi connectivity index (χ0v) is 7.04. The first-order chi connectivity index (χ1) is 5.75. The van der Waals surface area contributed by atoms with Gasteiger partial charge in [0.05, 0.1) is 6.54 Å². The van der Waals surface area contributed by atoms with E-state index in [-0.39, 0.29) is 17.9 Å². The van der Waals surface area contributed by atoms with E-state index in [0.29, 0.717) is 12.6 Å². The smallest absolute Gasteiger partial charge is 0.291 e. The number of hydrogen-bond acceptors (Lipinski definition) is 3. The number of carbonyl (C=O) groups is 1. The van der Waals surface area contributed by atoms with Crippen molar-refractivity contribution < 1.29 is 9.53 Å². The van der Waals surface area contributed by atoms with Gasteiger partial charge in [-0.2, -0.15) is 0 Å². The highest BCUT2D eigenvalue weighted by atomic mass is 16.5. The largest absolute Gasteiger partial charge is 0.460 e. The van der Waals surface area contributed by atoms with E-state index >= 15 is 0 Å². The van der Waals surface area contributed by atoms with Crippen molar-refractivity contribution in [2.24, 2.45) is 10.9 Å². The van der Waals surface area contributed by atoms with E-state index in [9.17, 15) is 4.79 Å². The van der Waals surface area contributed by atoms with Gasteiger partial charge in [0.2, 0.25) is 5.91 Å². The van der Waals surface area contributed by atoms with Gasteiger partial charge in [-0.1, -0.05) is 0 Å². The number of amidine groups is 1. The molecule has 1 atom stereocenters. The molecule has 1 saturated carbocycles. The van der Waals surface area contributed by atoms with E-state index < -0.39 is 0 Å². The van der Waals surface area contributed by atoms with Crippen molar-refractivity contribution in [1.29, 1.82) is 0 Å². The summed E-state index contributed by atoms with van der Waals surface area (Å²) in [5.74, 6) is 0.273. The topological polar surface area (TPSA) is 50.7 Å². The van der Waals surface area contributed by atoms with Crippen molar-refractivity contribution in [2.45, 2.75) is 25.9 Å². The summed E-state index contributed by atoms with van der Waals surface area (Å²) >= 11 is 0. The second-order valence-electron chi connectivity index (χ2n) is 3.34. The zero-order chi connectivity index (χ0) is 8.55. The molecule has 1 heterocycles. The van der Waals surface area contributed by atoms with Crippen LogP contribution in [0.15, 0.2) is 4.99 Å². The lowest BCUT2D eigenvalue weighted by molar-refractivity contribution is -0.121. The maximum atomic E-state index is 11.2. The molecule has 0 spiro atoms. The highest BCUT2D eigenvalue weighted by Gasteiger charge is 2.31. The van der Waals surface area contributed by atoms with Crippen LogP contribution in [0.5, 0.6) is 0 Å². The Morgan fingerprint density at radius 2 is 2.42 bits per heavy atom. The zero-order valence-electron chi connectivity index (χ0n) is 7.04. The lowest BCUT2D eigenvalue weighted by Crippen LogP contribution is -2.32. The van der Waals surface area contributed by atoms with Crippen LogP contribution < -0.4 is 5.32 Å². The van der Waals surface area contributed by atoms with Gasteiger partial charge >= 0.3 is 0 Å². The van der Waals surface area contributed by atoms with Crippen LogP contribution >= 0.6 is 0 Å². The summed E-state index contributed by atoms with van der Waals surface area (Å²) in [4.78, 5) is 15.2. The van der Waals surface area contributed by atoms with Crippen molar-refractivity contribution in [3.8, 4) is 0 Å². The van der Waals surface area contributed by atoms with Gasteiger partial charge in [0, 0.05) is 5.92 Å². The average molecular weight is 168 g/mol. The third-order valence-electron chi connectivity index (χ3n) is 1.98. The minimum atomic E-state index is 0.0582. The Hall–Kier alpha value is -1.06. The number of hydrogen-bond donors (Lipinski definition) is 1. The van der Waals surface area contributed by atoms with Crippen LogP contribution in [-0.2, 0) is 9.53 Å². The van der Waals surface area contributed by atoms with E-state index in [0.717, 1.165) is 12.8 Å². The van der Waals surface area contributed by atoms with E-state index in [4.69, 9.17) is 4.74 Å². The van der Waals surface area contributed by atoms with Crippen molar-refractivity contribution in [1.82, 2.24) is 5.32 Å². The Morgan fingerprint density at radius 3 is 2.92 bits per heavy atom. The number of nitrogens with zero attached hydrogens (tertiary/aromatic N) is 1. The van der Waals surface area contributed by atoms with Gasteiger partial charge in [0.25, 0.3) is 6.02 Å². The van der Waals surface area contributed by atoms with Crippen LogP contribution in [0.2, 0.25) is 0 Å². The molecule has 1 unspecified atom stereocenters. The van der Waals surface area contributed by atoms with Crippen molar-refractivity contribution >= 4 is 11.9 Å². The maximum Gasteiger partial charge on any atom is 0.291 e. The fraction of sp³-hybridized carbons (Fsp3) is 0.750. The molecule has 0 radical (unpaired) electrons. The number of carbonyl (C=O) groups excluding carboxylic acids is 1. The van der Waals surface area contributed by atoms with Crippen molar-refractivity contribution in [3.05, 3.63) is 0 Å². The molecule has 66 valence electrons. The van der Waals surface area contributed by atoms with E-state index in [1.54, 1.807) is 0 Å². The molecule has 0 aromatic heterocycles. The van der Waals surface area contributed by atoms with Gasteiger partial charge in [0.1, 0.15) is 6.10 Å². The Bertz CT molecular complexity index is 233. The molecule has 4 nitrogen and oxygen atoms in total. The highest BCUT2D eigenvalue weighted by molar-refractivity contribution is 5.96. The summed E-state index contributed by atoms with van der Waals surface area (Å²) in [7, 11) is 0. The normalized spacial score (nSPS) is 27.8. The monoisotopic (exact) mass is 168 g/mol. The fourth-order valence-electron chi connectivity index (χ4n) is 1.10. The molecule has 0 aromatic carbocycles. The van der Waals surface area contributed by atoms with Gasteiger partial charge in [0.15, 0.2) is 0 Å². The number of rotatable bonds is 1. The molecule has 12 heavy (non-hydrogen) atoms. The summed E-state index contributed by atoms with van der Waals surface area (Å²) in [5, 5.41) is 2.66. The van der Waals surface area contributed by atoms with Crippen molar-refractivity contribution in [3.63, 3.8) is 0 Å². The average Bonchev–Trinajstić information content (AvgIpc) is 2.78. The SMILES string of the molecule is CC1CN=C(NC(=O)C2CC2)O1. The lowest BCUT2D eigenvalue weighted by atomic mass is 10.4. The highest BCUT2D eigenvalue weighted by Crippen LogP contribution is 2.28. The Labute approximate surface area is 71.0 Å². The van der Waals surface area contributed by atoms with Crippen LogP contribution in [0, 0.1) is 5.92 Å². The van der Waals surface area contributed by atoms with E-state index in [2.05, 4.69) is 10.3 Å². The molecule has 1 aliphatic heterocycles. The Kier molecular flexibility index (Phi) is 1.75. The standard InChI is InChI=1S/C8H12N2O2/c1-5-4-9-8(12-5)10-7(11)6-2-3-6/h5-6H,2-4H2,1H3,(H,9,10,11). The summed E-state index contributed by atoms with van der Waals surface area (Å²) in [6, 6.07) is 0.402. The van der Waals surface area contributed by atoms with Gasteiger partial charge < -0.3 is 4.74 Å². The fourth-order valence-corrected chi connectivity index (χ4v) is 1.10. The van der Waals surface area contributed by atoms with Crippen LogP contribution in [-0.4, -0.2) is 24.6 Å². The summed E-state index contributed by atoms with van der Waals surface area (Å²) < 4.78 is 5.23. The molecule has 0 bridgehead atoms. The van der Waals surface area contributed by atoms with Crippen LogP contribution in [0.3, 0.4) is 0 Å². The molecule has 4 heteroatoms. The van der Waals surface area contributed by atoms with Crippen LogP contribution in [0.25, 0.3) is 0 Å². The molecule has 1 N–H and O–H groups in total. The molecule has 0 aromatic rings. The lowest BCUT2D eigenvalue weighted by Gasteiger charge is -2.05. The Balaban J connectivity index is 1.82. The Morgan fingerprint density at radius 1 is 1.67 bits per heavy atom. The molecular formula is C8H12N2O2. The molecule has 1 fully saturated rings. The molecule has 0 saturated heterocycles. The van der Waals surface area contributed by atoms with Gasteiger partial charge in [-0.15, -0.1) is 0 Å². The van der Waals surface area contributed by atoms with Gasteiger partial charge in [-0.3, -0.25) is 10.1 Å². The van der Waals surface area contributed by atoms with Crippen LogP contribution in [0.1, 0.15) is 19.8 Å². The summed E-state index contributed by atoms with van der Waals surface area (Å²) in [5.41, 5.74) is 0. The quantitative estimate of drug-likeness (QED) is 0.611. The molecule has 2 rings (SSSR count). The first kappa shape index (κ1) is 7.58. The number of ether oxygens (including phenoxy) is 1.